The third-order valence-electron chi connectivity index (χ3n) is 2.18. The molecular formula is C11H8N4O. The highest BCUT2D eigenvalue weighted by atomic mass is 16.5. The Balaban J connectivity index is 1.95. The van der Waals surface area contributed by atoms with Crippen LogP contribution in [0.15, 0.2) is 35.2 Å². The summed E-state index contributed by atoms with van der Waals surface area (Å²) >= 11 is 0. The van der Waals surface area contributed by atoms with Crippen molar-refractivity contribution in [3.8, 4) is 0 Å². The predicted octanol–water partition coefficient (Wildman–Crippen LogP) is 2.12. The topological polar surface area (TPSA) is 67.6 Å². The lowest BCUT2D eigenvalue weighted by Gasteiger charge is -1.81. The number of rotatable bonds is 2. The third-order valence-corrected chi connectivity index (χ3v) is 2.18. The van der Waals surface area contributed by atoms with Gasteiger partial charge in [0, 0.05) is 0 Å². The van der Waals surface area contributed by atoms with Gasteiger partial charge in [0.1, 0.15) is 5.82 Å². The number of nitrogens with one attached hydrogen (secondary N) is 1. The first kappa shape index (κ1) is 8.84. The number of nitrogens with zero attached hydrogens (tertiary/aromatic N) is 3. The van der Waals surface area contributed by atoms with Gasteiger partial charge in [0.25, 0.3) is 0 Å². The zero-order chi connectivity index (χ0) is 10.8. The number of imidazole rings is 1. The van der Waals surface area contributed by atoms with E-state index < -0.39 is 0 Å². The van der Waals surface area contributed by atoms with Crippen LogP contribution < -0.4 is 0 Å². The molecule has 0 amide bonds. The lowest BCUT2D eigenvalue weighted by molar-refractivity contribution is 0.415. The molecule has 5 heteroatoms. The van der Waals surface area contributed by atoms with Gasteiger partial charge in [-0.3, -0.25) is 0 Å². The molecule has 1 aromatic carbocycles. The monoisotopic (exact) mass is 212 g/mol. The Labute approximate surface area is 90.8 Å². The maximum absolute atomic E-state index is 4.62. The molecule has 1 N–H and O–H groups in total. The lowest BCUT2D eigenvalue weighted by Crippen LogP contribution is -1.76. The number of hydrogen-bond donors (Lipinski definition) is 1. The largest absolute Gasteiger partial charge is 0.342 e. The summed E-state index contributed by atoms with van der Waals surface area (Å²) in [6.07, 6.45) is 4.84. The number of fused-ring (bicyclic) bond motifs is 1. The Morgan fingerprint density at radius 3 is 2.94 bits per heavy atom. The van der Waals surface area contributed by atoms with Gasteiger partial charge >= 0.3 is 0 Å². The minimum absolute atomic E-state index is 0.528. The van der Waals surface area contributed by atoms with E-state index in [1.54, 1.807) is 6.08 Å². The number of benzene rings is 1. The molecule has 16 heavy (non-hydrogen) atoms. The Kier molecular flexibility index (Phi) is 2.00. The van der Waals surface area contributed by atoms with Crippen LogP contribution in [0.5, 0.6) is 0 Å². The van der Waals surface area contributed by atoms with E-state index in [0.29, 0.717) is 5.82 Å². The van der Waals surface area contributed by atoms with Crippen LogP contribution in [0.4, 0.5) is 0 Å². The van der Waals surface area contributed by atoms with Gasteiger partial charge in [-0.2, -0.15) is 4.98 Å². The van der Waals surface area contributed by atoms with Crippen molar-refractivity contribution < 1.29 is 4.52 Å². The van der Waals surface area contributed by atoms with Crippen molar-refractivity contribution in [2.45, 2.75) is 0 Å². The molecule has 0 spiro atoms. The minimum Gasteiger partial charge on any atom is -0.342 e. The fourth-order valence-corrected chi connectivity index (χ4v) is 1.46. The molecule has 0 atom stereocenters. The van der Waals surface area contributed by atoms with Crippen LogP contribution in [0.1, 0.15) is 11.6 Å². The van der Waals surface area contributed by atoms with Gasteiger partial charge in [0.15, 0.2) is 5.82 Å². The number of aromatic amines is 1. The number of para-hydroxylation sites is 2. The van der Waals surface area contributed by atoms with Crippen LogP contribution in [0.25, 0.3) is 23.2 Å². The van der Waals surface area contributed by atoms with Crippen LogP contribution in [-0.4, -0.2) is 20.1 Å². The molecule has 0 radical (unpaired) electrons. The quantitative estimate of drug-likeness (QED) is 0.706. The molecular weight excluding hydrogens is 204 g/mol. The molecule has 0 aliphatic rings. The average molecular weight is 212 g/mol. The summed E-state index contributed by atoms with van der Waals surface area (Å²) < 4.78 is 4.62. The molecule has 3 rings (SSSR count). The van der Waals surface area contributed by atoms with Gasteiger partial charge in [-0.15, -0.1) is 0 Å². The molecule has 0 bridgehead atoms. The van der Waals surface area contributed by atoms with Gasteiger partial charge in [0.2, 0.25) is 6.39 Å². The van der Waals surface area contributed by atoms with E-state index in [2.05, 4.69) is 24.6 Å². The standard InChI is InChI=1S/C11H8N4O/c1-2-4-9-8(3-1)13-11(14-9)6-5-10-12-7-16-15-10/h1-7H,(H,13,14). The van der Waals surface area contributed by atoms with Gasteiger partial charge in [-0.05, 0) is 24.3 Å². The zero-order valence-electron chi connectivity index (χ0n) is 8.29. The number of hydrogen-bond acceptors (Lipinski definition) is 4. The van der Waals surface area contributed by atoms with E-state index in [1.807, 2.05) is 30.3 Å². The van der Waals surface area contributed by atoms with Crippen molar-refractivity contribution in [3.63, 3.8) is 0 Å². The van der Waals surface area contributed by atoms with Crippen LogP contribution in [0, 0.1) is 0 Å². The molecule has 0 aliphatic heterocycles. The Hall–Kier alpha value is -2.43. The van der Waals surface area contributed by atoms with E-state index in [0.717, 1.165) is 16.9 Å². The minimum atomic E-state index is 0.528. The average Bonchev–Trinajstić information content (AvgIpc) is 2.95. The van der Waals surface area contributed by atoms with Crippen molar-refractivity contribution >= 4 is 23.2 Å². The Morgan fingerprint density at radius 1 is 1.19 bits per heavy atom. The van der Waals surface area contributed by atoms with Gasteiger partial charge in [0.05, 0.1) is 11.0 Å². The van der Waals surface area contributed by atoms with Crippen LogP contribution in [0.3, 0.4) is 0 Å². The molecule has 0 saturated heterocycles. The second-order valence-electron chi connectivity index (χ2n) is 3.26. The molecule has 2 aromatic heterocycles. The smallest absolute Gasteiger partial charge is 0.214 e. The summed E-state index contributed by atoms with van der Waals surface area (Å²) in [4.78, 5) is 11.4. The molecule has 5 nitrogen and oxygen atoms in total. The van der Waals surface area contributed by atoms with E-state index >= 15 is 0 Å². The Bertz CT molecular complexity index is 591. The summed E-state index contributed by atoms with van der Waals surface area (Å²) in [5.41, 5.74) is 1.95. The summed E-state index contributed by atoms with van der Waals surface area (Å²) in [5, 5.41) is 3.67. The normalized spacial score (nSPS) is 11.5. The molecule has 0 aliphatic carbocycles. The maximum atomic E-state index is 4.62. The van der Waals surface area contributed by atoms with Crippen molar-refractivity contribution in [1.82, 2.24) is 20.1 Å². The summed E-state index contributed by atoms with van der Waals surface area (Å²) in [6, 6.07) is 7.86. The second kappa shape index (κ2) is 3.62. The van der Waals surface area contributed by atoms with E-state index in [4.69, 9.17) is 0 Å². The maximum Gasteiger partial charge on any atom is 0.214 e. The van der Waals surface area contributed by atoms with E-state index in [9.17, 15) is 0 Å². The highest BCUT2D eigenvalue weighted by molar-refractivity contribution is 5.78. The van der Waals surface area contributed by atoms with Gasteiger partial charge in [-0.25, -0.2) is 4.98 Å². The molecule has 78 valence electrons. The first-order valence-corrected chi connectivity index (χ1v) is 4.81. The second-order valence-corrected chi connectivity index (χ2v) is 3.26. The molecule has 0 unspecified atom stereocenters. The molecule has 0 saturated carbocycles. The molecule has 0 fully saturated rings. The number of H-pyrrole nitrogens is 1. The summed E-state index contributed by atoms with van der Waals surface area (Å²) in [5.74, 6) is 1.30. The van der Waals surface area contributed by atoms with Crippen LogP contribution in [-0.2, 0) is 0 Å². The highest BCUT2D eigenvalue weighted by Crippen LogP contribution is 2.11. The lowest BCUT2D eigenvalue weighted by atomic mass is 10.3. The first-order valence-electron chi connectivity index (χ1n) is 4.81. The summed E-state index contributed by atoms with van der Waals surface area (Å²) in [6.45, 7) is 0. The Morgan fingerprint density at radius 2 is 2.12 bits per heavy atom. The van der Waals surface area contributed by atoms with E-state index in [-0.39, 0.29) is 0 Å². The third kappa shape index (κ3) is 1.58. The van der Waals surface area contributed by atoms with Crippen LogP contribution >= 0.6 is 0 Å². The molecule has 3 aromatic rings. The van der Waals surface area contributed by atoms with Crippen molar-refractivity contribution in [2.24, 2.45) is 0 Å². The van der Waals surface area contributed by atoms with Crippen molar-refractivity contribution in [1.29, 1.82) is 0 Å². The SMILES string of the molecule is C(=Cc1nc2ccccc2[nH]1)c1ncon1. The first-order chi connectivity index (χ1) is 7.92. The van der Waals surface area contributed by atoms with E-state index in [1.165, 1.54) is 6.39 Å². The van der Waals surface area contributed by atoms with Crippen molar-refractivity contribution in [2.75, 3.05) is 0 Å². The van der Waals surface area contributed by atoms with Gasteiger partial charge in [-0.1, -0.05) is 17.3 Å². The fourth-order valence-electron chi connectivity index (χ4n) is 1.46. The highest BCUT2D eigenvalue weighted by Gasteiger charge is 1.98. The molecule has 2 heterocycles. The fraction of sp³-hybridized carbons (Fsp3) is 0. The van der Waals surface area contributed by atoms with Crippen LogP contribution in [0.2, 0.25) is 0 Å². The van der Waals surface area contributed by atoms with Gasteiger partial charge < -0.3 is 9.51 Å². The zero-order valence-corrected chi connectivity index (χ0v) is 8.29. The summed E-state index contributed by atoms with van der Waals surface area (Å²) in [7, 11) is 0. The van der Waals surface area contributed by atoms with Crippen molar-refractivity contribution in [3.05, 3.63) is 42.3 Å². The predicted molar refractivity (Wildman–Crippen MR) is 59.3 cm³/mol. The number of aromatic nitrogens is 4.